The van der Waals surface area contributed by atoms with Crippen molar-refractivity contribution in [2.75, 3.05) is 11.9 Å². The van der Waals surface area contributed by atoms with E-state index in [1.165, 1.54) is 17.7 Å². The molecule has 0 saturated carbocycles. The van der Waals surface area contributed by atoms with E-state index < -0.39 is 0 Å². The molecule has 0 radical (unpaired) electrons. The van der Waals surface area contributed by atoms with Gasteiger partial charge in [-0.3, -0.25) is 14.3 Å². The van der Waals surface area contributed by atoms with Gasteiger partial charge in [-0.1, -0.05) is 45.0 Å². The Bertz CT molecular complexity index is 1470. The van der Waals surface area contributed by atoms with Crippen molar-refractivity contribution >= 4 is 17.5 Å². The van der Waals surface area contributed by atoms with Crippen LogP contribution in [-0.2, 0) is 13.1 Å². The maximum absolute atomic E-state index is 13.7. The van der Waals surface area contributed by atoms with Gasteiger partial charge in [0.2, 0.25) is 0 Å². The number of carbonyl (C=O) groups is 2. The van der Waals surface area contributed by atoms with Gasteiger partial charge in [-0.15, -0.1) is 0 Å². The number of amides is 2. The van der Waals surface area contributed by atoms with Gasteiger partial charge in [0.05, 0.1) is 13.1 Å². The van der Waals surface area contributed by atoms with E-state index >= 15 is 0 Å². The zero-order valence-electron chi connectivity index (χ0n) is 22.6. The zero-order chi connectivity index (χ0) is 27.5. The van der Waals surface area contributed by atoms with Crippen molar-refractivity contribution < 1.29 is 16.8 Å². The molecule has 39 heavy (non-hydrogen) atoms. The lowest BCUT2D eigenvalue weighted by Gasteiger charge is -2.32. The number of hydrogen-bond acceptors (Lipinski definition) is 3. The second-order valence-corrected chi connectivity index (χ2v) is 10.3. The Kier molecular flexibility index (Phi) is 7.63. The number of fused-ring (bicyclic) bond motifs is 1. The Morgan fingerprint density at radius 2 is 1.90 bits per heavy atom. The summed E-state index contributed by atoms with van der Waals surface area (Å²) in [6, 6.07) is 17.8. The van der Waals surface area contributed by atoms with Crippen LogP contribution in [0.15, 0.2) is 66.9 Å². The van der Waals surface area contributed by atoms with Crippen molar-refractivity contribution in [3.63, 3.8) is 0 Å². The minimum absolute atomic E-state index is 0. The molecule has 0 aliphatic carbocycles. The van der Waals surface area contributed by atoms with Crippen LogP contribution in [0.2, 0.25) is 0 Å². The molecule has 0 fully saturated rings. The van der Waals surface area contributed by atoms with Crippen LogP contribution < -0.4 is 5.32 Å². The minimum Gasteiger partial charge on any atom is -0.357 e. The van der Waals surface area contributed by atoms with Crippen molar-refractivity contribution in [2.45, 2.75) is 58.5 Å². The van der Waals surface area contributed by atoms with Crippen molar-refractivity contribution in [3.8, 4) is 0 Å². The van der Waals surface area contributed by atoms with Crippen LogP contribution in [0.25, 0.3) is 0 Å². The normalized spacial score (nSPS) is 14.9. The molecule has 1 aliphatic rings. The van der Waals surface area contributed by atoms with Crippen molar-refractivity contribution in [1.82, 2.24) is 19.7 Å². The first-order valence-corrected chi connectivity index (χ1v) is 13.6. The molecule has 3 heterocycles. The maximum atomic E-state index is 13.7. The lowest BCUT2D eigenvalue weighted by atomic mass is 9.93. The Morgan fingerprint density at radius 1 is 1.13 bits per heavy atom. The van der Waals surface area contributed by atoms with Crippen LogP contribution in [0.5, 0.6) is 0 Å². The van der Waals surface area contributed by atoms with Gasteiger partial charge in [0.25, 0.3) is 11.8 Å². The lowest BCUT2D eigenvalue weighted by Crippen LogP contribution is -2.38. The fourth-order valence-electron chi connectivity index (χ4n) is 5.57. The first kappa shape index (κ1) is 26.4. The van der Waals surface area contributed by atoms with Crippen LogP contribution in [-0.4, -0.2) is 38.0 Å². The second-order valence-electron chi connectivity index (χ2n) is 10.3. The molecule has 1 aliphatic heterocycles. The zero-order valence-corrected chi connectivity index (χ0v) is 22.6. The summed E-state index contributed by atoms with van der Waals surface area (Å²) in [5, 5.41) is 7.82. The number of halogens is 1. The number of aromatic amines is 1. The number of H-pyrrole nitrogens is 1. The summed E-state index contributed by atoms with van der Waals surface area (Å²) in [6.45, 7) is 7.54. The molecule has 4 aromatic rings. The summed E-state index contributed by atoms with van der Waals surface area (Å²) in [4.78, 5) is 31.6. The average molecular weight is 532 g/mol. The molecule has 7 nitrogen and oxygen atoms in total. The van der Waals surface area contributed by atoms with Gasteiger partial charge in [-0.25, -0.2) is 4.39 Å². The van der Waals surface area contributed by atoms with E-state index in [2.05, 4.69) is 30.2 Å². The number of carbonyl (C=O) groups excluding carboxylic acids is 2. The van der Waals surface area contributed by atoms with Gasteiger partial charge in [0.15, 0.2) is 5.69 Å². The van der Waals surface area contributed by atoms with Gasteiger partial charge >= 0.3 is 0 Å². The number of hydrogen-bond donors (Lipinski definition) is 2. The van der Waals surface area contributed by atoms with Gasteiger partial charge in [-0.05, 0) is 66.3 Å². The summed E-state index contributed by atoms with van der Waals surface area (Å²) in [7, 11) is 0. The molecule has 2 aromatic heterocycles. The first-order valence-electron chi connectivity index (χ1n) is 13.6. The Hall–Kier alpha value is -4.20. The van der Waals surface area contributed by atoms with Gasteiger partial charge in [0, 0.05) is 38.5 Å². The molecule has 8 heteroatoms. The monoisotopic (exact) mass is 531 g/mol. The van der Waals surface area contributed by atoms with Gasteiger partial charge in [0.1, 0.15) is 11.5 Å². The number of nitrogens with zero attached hydrogens (tertiary/aromatic N) is 3. The second kappa shape index (κ2) is 11.3. The first-order chi connectivity index (χ1) is 18.9. The van der Waals surface area contributed by atoms with Crippen molar-refractivity contribution in [2.24, 2.45) is 0 Å². The highest BCUT2D eigenvalue weighted by atomic mass is 19.1. The Labute approximate surface area is 231 Å². The van der Waals surface area contributed by atoms with Crippen LogP contribution in [0.1, 0.15) is 91.7 Å². The molecule has 5 rings (SSSR count). The van der Waals surface area contributed by atoms with E-state index in [-0.39, 0.29) is 32.9 Å². The van der Waals surface area contributed by atoms with Gasteiger partial charge < -0.3 is 15.2 Å². The third-order valence-corrected chi connectivity index (χ3v) is 7.58. The van der Waals surface area contributed by atoms with Crippen molar-refractivity contribution in [3.05, 3.63) is 106 Å². The maximum Gasteiger partial charge on any atom is 0.276 e. The fraction of sp³-hybridized carbons (Fsp3) is 0.323. The molecule has 206 valence electrons. The summed E-state index contributed by atoms with van der Waals surface area (Å²) in [6.07, 6.45) is 3.77. The highest BCUT2D eigenvalue weighted by Crippen LogP contribution is 2.33. The number of aromatic nitrogens is 3. The lowest BCUT2D eigenvalue weighted by molar-refractivity contribution is 0.0711. The predicted molar refractivity (Wildman–Crippen MR) is 154 cm³/mol. The summed E-state index contributed by atoms with van der Waals surface area (Å²) in [5.41, 5.74) is 5.26. The smallest absolute Gasteiger partial charge is 0.276 e. The third-order valence-electron chi connectivity index (χ3n) is 7.58. The minimum atomic E-state index is -0.313. The average Bonchev–Trinajstić information content (AvgIpc) is 3.60. The van der Waals surface area contributed by atoms with Gasteiger partial charge in [-0.2, -0.15) is 5.10 Å². The fourth-order valence-corrected chi connectivity index (χ4v) is 5.57. The van der Waals surface area contributed by atoms with E-state index in [1.54, 1.807) is 35.4 Å². The standard InChI is InChI=1S/C31H34FN5O2.2H2/c1-4-22(5-2)23-8-6-9-25(16-23)34-30(38)28-26-19-36(31(39)27-10-7-15-33-27)17-20(3)29(26)37(35-28)18-21-11-13-24(32)14-12-21;;/h6-16,20,22,33H,4-5,17-19H2,1-3H3,(H,34,38);2*1H. The predicted octanol–water partition coefficient (Wildman–Crippen LogP) is 6.81. The summed E-state index contributed by atoms with van der Waals surface area (Å²) < 4.78 is 15.4. The summed E-state index contributed by atoms with van der Waals surface area (Å²) >= 11 is 0. The van der Waals surface area contributed by atoms with E-state index in [9.17, 15) is 14.0 Å². The molecule has 0 saturated heterocycles. The third kappa shape index (κ3) is 5.50. The van der Waals surface area contributed by atoms with E-state index in [0.29, 0.717) is 30.4 Å². The molecule has 1 atom stereocenters. The number of anilines is 1. The highest BCUT2D eigenvalue weighted by molar-refractivity contribution is 6.04. The largest absolute Gasteiger partial charge is 0.357 e. The highest BCUT2D eigenvalue weighted by Gasteiger charge is 2.34. The van der Waals surface area contributed by atoms with Crippen LogP contribution >= 0.6 is 0 Å². The molecule has 0 spiro atoms. The molecular formula is C31H38FN5O2. The van der Waals surface area contributed by atoms with Crippen LogP contribution in [0.4, 0.5) is 10.1 Å². The number of rotatable bonds is 8. The summed E-state index contributed by atoms with van der Waals surface area (Å²) in [5.74, 6) is -0.359. The molecule has 2 amide bonds. The topological polar surface area (TPSA) is 83.0 Å². The molecule has 2 aromatic carbocycles. The van der Waals surface area contributed by atoms with Crippen LogP contribution in [0, 0.1) is 5.82 Å². The quantitative estimate of drug-likeness (QED) is 0.262. The molecule has 1 unspecified atom stereocenters. The molecule has 0 bridgehead atoms. The Morgan fingerprint density at radius 3 is 2.59 bits per heavy atom. The molecular weight excluding hydrogens is 493 g/mol. The van der Waals surface area contributed by atoms with Crippen LogP contribution in [0.3, 0.4) is 0 Å². The molecule has 2 N–H and O–H groups in total. The van der Waals surface area contributed by atoms with Crippen molar-refractivity contribution in [1.29, 1.82) is 0 Å². The van der Waals surface area contributed by atoms with E-state index in [1.807, 2.05) is 29.8 Å². The Balaban J connectivity index is 0.00000231. The van der Waals surface area contributed by atoms with E-state index in [4.69, 9.17) is 5.10 Å². The SMILES string of the molecule is CCC(CC)c1cccc(NC(=O)c2nn(Cc3ccc(F)cc3)c3c2CN(C(=O)c2ccc[nH]2)CC3C)c1.[HH].[HH]. The number of nitrogens with one attached hydrogen (secondary N) is 2. The van der Waals surface area contributed by atoms with E-state index in [0.717, 1.165) is 35.3 Å². The number of benzene rings is 2.